The van der Waals surface area contributed by atoms with Gasteiger partial charge in [0.1, 0.15) is 11.4 Å². The first-order chi connectivity index (χ1) is 10.1. The second-order valence-electron chi connectivity index (χ2n) is 4.78. The molecule has 0 bridgehead atoms. The minimum atomic E-state index is -1.39. The normalized spacial score (nSPS) is 15.7. The summed E-state index contributed by atoms with van der Waals surface area (Å²) in [6.07, 6.45) is 2.02. The molecule has 1 aromatic rings. The smallest absolute Gasteiger partial charge is 0.340 e. The molecule has 21 heavy (non-hydrogen) atoms. The van der Waals surface area contributed by atoms with Crippen LogP contribution in [0.15, 0.2) is 18.2 Å². The molecule has 1 heterocycles. The lowest BCUT2D eigenvalue weighted by atomic mass is 10.1. The van der Waals surface area contributed by atoms with Crippen molar-refractivity contribution in [3.63, 3.8) is 0 Å². The Morgan fingerprint density at radius 3 is 2.76 bits per heavy atom. The van der Waals surface area contributed by atoms with Crippen LogP contribution in [0.5, 0.6) is 0 Å². The van der Waals surface area contributed by atoms with E-state index < -0.39 is 17.3 Å². The van der Waals surface area contributed by atoms with Crippen LogP contribution in [0.25, 0.3) is 0 Å². The van der Waals surface area contributed by atoms with Crippen molar-refractivity contribution in [3.8, 4) is 0 Å². The number of carboxylic acid groups (broad SMARTS) is 1. The molecule has 1 aliphatic rings. The average Bonchev–Trinajstić information content (AvgIpc) is 2.46. The van der Waals surface area contributed by atoms with Gasteiger partial charge in [-0.05, 0) is 38.1 Å². The number of carbonyl (C=O) groups excluding carboxylic acids is 1. The summed E-state index contributed by atoms with van der Waals surface area (Å²) in [7, 11) is 0. The van der Waals surface area contributed by atoms with Crippen LogP contribution >= 0.6 is 11.8 Å². The number of rotatable bonds is 5. The molecule has 114 valence electrons. The van der Waals surface area contributed by atoms with Gasteiger partial charge in [-0.25, -0.2) is 9.18 Å². The molecule has 5 nitrogen and oxygen atoms in total. The van der Waals surface area contributed by atoms with Crippen LogP contribution in [0.3, 0.4) is 0 Å². The molecule has 1 aromatic carbocycles. The van der Waals surface area contributed by atoms with Gasteiger partial charge in [0, 0.05) is 5.25 Å². The molecule has 7 heteroatoms. The maximum atomic E-state index is 13.5. The topological polar surface area (TPSA) is 78.4 Å². The molecule has 0 unspecified atom stereocenters. The summed E-state index contributed by atoms with van der Waals surface area (Å²) in [5.74, 6) is -2.33. The number of hydrogen-bond donors (Lipinski definition) is 3. The van der Waals surface area contributed by atoms with Gasteiger partial charge in [-0.3, -0.25) is 4.79 Å². The molecule has 1 saturated heterocycles. The van der Waals surface area contributed by atoms with E-state index in [0.717, 1.165) is 32.0 Å². The van der Waals surface area contributed by atoms with Crippen LogP contribution in [0, 0.1) is 5.82 Å². The van der Waals surface area contributed by atoms with Crippen LogP contribution in [0.4, 0.5) is 10.1 Å². The standard InChI is InChI=1S/C14H17FN2O3S/c15-10-2-1-3-11(13(10)14(19)20)17-12(18)8-21-9-4-6-16-7-5-9/h1-3,9,16H,4-8H2,(H,17,18)(H,19,20). The Morgan fingerprint density at radius 1 is 1.38 bits per heavy atom. The molecule has 2 rings (SSSR count). The van der Waals surface area contributed by atoms with Gasteiger partial charge in [-0.1, -0.05) is 6.07 Å². The number of piperidine rings is 1. The highest BCUT2D eigenvalue weighted by molar-refractivity contribution is 8.00. The Bertz CT molecular complexity index is 533. The van der Waals surface area contributed by atoms with E-state index in [-0.39, 0.29) is 17.3 Å². The van der Waals surface area contributed by atoms with Gasteiger partial charge < -0.3 is 15.7 Å². The average molecular weight is 312 g/mol. The number of amides is 1. The highest BCUT2D eigenvalue weighted by Crippen LogP contribution is 2.22. The minimum absolute atomic E-state index is 0.00147. The number of benzene rings is 1. The lowest BCUT2D eigenvalue weighted by Crippen LogP contribution is -2.30. The number of nitrogens with one attached hydrogen (secondary N) is 2. The van der Waals surface area contributed by atoms with Crippen LogP contribution in [-0.4, -0.2) is 41.1 Å². The molecule has 0 spiro atoms. The van der Waals surface area contributed by atoms with E-state index in [0.29, 0.717) is 5.25 Å². The van der Waals surface area contributed by atoms with Crippen molar-refractivity contribution in [2.75, 3.05) is 24.2 Å². The highest BCUT2D eigenvalue weighted by atomic mass is 32.2. The summed E-state index contributed by atoms with van der Waals surface area (Å²) in [6.45, 7) is 1.90. The van der Waals surface area contributed by atoms with Gasteiger partial charge in [0.15, 0.2) is 0 Å². The lowest BCUT2D eigenvalue weighted by Gasteiger charge is -2.21. The van der Waals surface area contributed by atoms with E-state index in [4.69, 9.17) is 5.11 Å². The predicted octanol–water partition coefficient (Wildman–Crippen LogP) is 1.95. The Morgan fingerprint density at radius 2 is 2.10 bits per heavy atom. The maximum absolute atomic E-state index is 13.5. The van der Waals surface area contributed by atoms with Crippen molar-refractivity contribution >= 4 is 29.3 Å². The van der Waals surface area contributed by atoms with Crippen LogP contribution in [-0.2, 0) is 4.79 Å². The van der Waals surface area contributed by atoms with Gasteiger partial charge in [0.05, 0.1) is 11.4 Å². The Labute approximate surface area is 126 Å². The SMILES string of the molecule is O=C(CSC1CCNCC1)Nc1cccc(F)c1C(=O)O. The third-order valence-electron chi connectivity index (χ3n) is 3.24. The molecule has 1 amide bonds. The molecule has 0 atom stereocenters. The van der Waals surface area contributed by atoms with Crippen molar-refractivity contribution in [2.24, 2.45) is 0 Å². The highest BCUT2D eigenvalue weighted by Gasteiger charge is 2.19. The number of carbonyl (C=O) groups is 2. The van der Waals surface area contributed by atoms with Gasteiger partial charge in [-0.15, -0.1) is 11.8 Å². The van der Waals surface area contributed by atoms with Gasteiger partial charge in [0.2, 0.25) is 5.91 Å². The second kappa shape index (κ2) is 7.42. The van der Waals surface area contributed by atoms with E-state index in [1.54, 1.807) is 11.8 Å². The number of hydrogen-bond acceptors (Lipinski definition) is 4. The molecule has 3 N–H and O–H groups in total. The summed E-state index contributed by atoms with van der Waals surface area (Å²) in [4.78, 5) is 22.9. The zero-order valence-electron chi connectivity index (χ0n) is 11.4. The van der Waals surface area contributed by atoms with E-state index >= 15 is 0 Å². The van der Waals surface area contributed by atoms with E-state index in [1.165, 1.54) is 12.1 Å². The predicted molar refractivity (Wildman–Crippen MR) is 80.3 cm³/mol. The number of anilines is 1. The third-order valence-corrected chi connectivity index (χ3v) is 4.61. The molecule has 0 aromatic heterocycles. The number of halogens is 1. The number of thioether (sulfide) groups is 1. The second-order valence-corrected chi connectivity index (χ2v) is 6.06. The van der Waals surface area contributed by atoms with Crippen molar-refractivity contribution < 1.29 is 19.1 Å². The van der Waals surface area contributed by atoms with Crippen molar-refractivity contribution in [1.82, 2.24) is 5.32 Å². The van der Waals surface area contributed by atoms with Gasteiger partial charge in [0.25, 0.3) is 0 Å². The first-order valence-electron chi connectivity index (χ1n) is 6.72. The van der Waals surface area contributed by atoms with Gasteiger partial charge in [-0.2, -0.15) is 0 Å². The zero-order chi connectivity index (χ0) is 15.2. The fourth-order valence-corrected chi connectivity index (χ4v) is 3.22. The summed E-state index contributed by atoms with van der Waals surface area (Å²) in [5, 5.41) is 15.1. The first kappa shape index (κ1) is 15.8. The molecule has 1 aliphatic heterocycles. The molecule has 1 fully saturated rings. The molecular formula is C14H17FN2O3S. The molecule has 0 saturated carbocycles. The fraction of sp³-hybridized carbons (Fsp3) is 0.429. The van der Waals surface area contributed by atoms with Crippen LogP contribution in [0.2, 0.25) is 0 Å². The van der Waals surface area contributed by atoms with Crippen molar-refractivity contribution in [3.05, 3.63) is 29.6 Å². The Balaban J connectivity index is 1.93. The maximum Gasteiger partial charge on any atom is 0.340 e. The van der Waals surface area contributed by atoms with Crippen LogP contribution < -0.4 is 10.6 Å². The summed E-state index contributed by atoms with van der Waals surface area (Å²) < 4.78 is 13.5. The number of carboxylic acids is 1. The van der Waals surface area contributed by atoms with Gasteiger partial charge >= 0.3 is 5.97 Å². The summed E-state index contributed by atoms with van der Waals surface area (Å²) in [6, 6.07) is 3.82. The monoisotopic (exact) mass is 312 g/mol. The Kier molecular flexibility index (Phi) is 5.58. The molecular weight excluding hydrogens is 295 g/mol. The summed E-state index contributed by atoms with van der Waals surface area (Å²) in [5.41, 5.74) is -0.504. The zero-order valence-corrected chi connectivity index (χ0v) is 12.2. The lowest BCUT2D eigenvalue weighted by molar-refractivity contribution is -0.113. The Hall–Kier alpha value is -1.60. The van der Waals surface area contributed by atoms with Crippen molar-refractivity contribution in [1.29, 1.82) is 0 Å². The number of aromatic carboxylic acids is 1. The molecule has 0 aliphatic carbocycles. The first-order valence-corrected chi connectivity index (χ1v) is 7.77. The van der Waals surface area contributed by atoms with E-state index in [2.05, 4.69) is 10.6 Å². The third kappa shape index (κ3) is 4.44. The fourth-order valence-electron chi connectivity index (χ4n) is 2.19. The minimum Gasteiger partial charge on any atom is -0.478 e. The largest absolute Gasteiger partial charge is 0.478 e. The summed E-state index contributed by atoms with van der Waals surface area (Å²) >= 11 is 1.55. The van der Waals surface area contributed by atoms with E-state index in [1.807, 2.05) is 0 Å². The van der Waals surface area contributed by atoms with Crippen molar-refractivity contribution in [2.45, 2.75) is 18.1 Å². The van der Waals surface area contributed by atoms with E-state index in [9.17, 15) is 14.0 Å². The molecule has 0 radical (unpaired) electrons. The quantitative estimate of drug-likeness (QED) is 0.774. The van der Waals surface area contributed by atoms with Crippen LogP contribution in [0.1, 0.15) is 23.2 Å².